The summed E-state index contributed by atoms with van der Waals surface area (Å²) in [5, 5.41) is 15.7. The van der Waals surface area contributed by atoms with Crippen molar-refractivity contribution in [3.63, 3.8) is 0 Å². The molecule has 0 aliphatic heterocycles. The first-order valence-electron chi connectivity index (χ1n) is 10.9. The van der Waals surface area contributed by atoms with E-state index in [1.165, 1.54) is 11.8 Å². The number of aryl methyl sites for hydroxylation is 1. The van der Waals surface area contributed by atoms with Crippen molar-refractivity contribution in [1.82, 2.24) is 20.1 Å². The van der Waals surface area contributed by atoms with Gasteiger partial charge in [0, 0.05) is 22.8 Å². The van der Waals surface area contributed by atoms with Crippen LogP contribution < -0.4 is 10.6 Å². The number of nitrogens with one attached hydrogen (secondary N) is 2. The van der Waals surface area contributed by atoms with Gasteiger partial charge < -0.3 is 15.2 Å². The summed E-state index contributed by atoms with van der Waals surface area (Å²) in [5.74, 6) is 0.459. The molecule has 178 valence electrons. The van der Waals surface area contributed by atoms with Gasteiger partial charge >= 0.3 is 0 Å². The van der Waals surface area contributed by atoms with Gasteiger partial charge in [0.25, 0.3) is 5.91 Å². The van der Waals surface area contributed by atoms with E-state index in [1.807, 2.05) is 37.5 Å². The minimum Gasteiger partial charge on any atom is -0.342 e. The van der Waals surface area contributed by atoms with E-state index >= 15 is 0 Å². The highest BCUT2D eigenvalue weighted by molar-refractivity contribution is 7.99. The van der Waals surface area contributed by atoms with E-state index in [0.29, 0.717) is 33.8 Å². The third kappa shape index (κ3) is 6.71. The summed E-state index contributed by atoms with van der Waals surface area (Å²) < 4.78 is 1.88. The molecule has 0 radical (unpaired) electrons. The number of aromatic nitrogens is 3. The number of carbonyl (C=O) groups excluding carboxylic acids is 2. The maximum absolute atomic E-state index is 12.9. The molecule has 0 saturated carbocycles. The Bertz CT molecular complexity index is 1160. The molecule has 1 aromatic heterocycles. The van der Waals surface area contributed by atoms with Gasteiger partial charge in [0.05, 0.1) is 11.8 Å². The molecule has 0 bridgehead atoms. The summed E-state index contributed by atoms with van der Waals surface area (Å²) in [5.41, 5.74) is 2.30. The van der Waals surface area contributed by atoms with Gasteiger partial charge in [-0.1, -0.05) is 67.0 Å². The number of amides is 2. The Labute approximate surface area is 209 Å². The number of hydrogen-bond acceptors (Lipinski definition) is 5. The van der Waals surface area contributed by atoms with Crippen LogP contribution in [0.4, 0.5) is 5.69 Å². The van der Waals surface area contributed by atoms with E-state index in [-0.39, 0.29) is 29.5 Å². The van der Waals surface area contributed by atoms with Crippen molar-refractivity contribution in [2.75, 3.05) is 11.1 Å². The van der Waals surface area contributed by atoms with Crippen LogP contribution in [-0.2, 0) is 11.3 Å². The van der Waals surface area contributed by atoms with Crippen molar-refractivity contribution in [3.8, 4) is 0 Å². The molecule has 0 fully saturated rings. The second-order valence-electron chi connectivity index (χ2n) is 8.15. The second-order valence-corrected chi connectivity index (χ2v) is 9.53. The van der Waals surface area contributed by atoms with Crippen molar-refractivity contribution in [3.05, 3.63) is 83.2 Å². The molecule has 1 heterocycles. The minimum absolute atomic E-state index is 0.0612. The molecule has 3 rings (SSSR count). The number of allylic oxidation sites excluding steroid dienone is 1. The van der Waals surface area contributed by atoms with E-state index < -0.39 is 0 Å². The molecular formula is C25H28ClN5O2S. The van der Waals surface area contributed by atoms with E-state index in [1.54, 1.807) is 42.5 Å². The monoisotopic (exact) mass is 497 g/mol. The van der Waals surface area contributed by atoms with Crippen LogP contribution in [0.1, 0.15) is 41.6 Å². The smallest absolute Gasteiger partial charge is 0.251 e. The lowest BCUT2D eigenvalue weighted by Gasteiger charge is -2.22. The fourth-order valence-corrected chi connectivity index (χ4v) is 4.23. The van der Waals surface area contributed by atoms with Gasteiger partial charge in [0.1, 0.15) is 0 Å². The summed E-state index contributed by atoms with van der Waals surface area (Å²) >= 11 is 7.25. The lowest BCUT2D eigenvalue weighted by Crippen LogP contribution is -2.33. The molecule has 0 unspecified atom stereocenters. The van der Waals surface area contributed by atoms with Crippen molar-refractivity contribution in [2.45, 2.75) is 38.5 Å². The second kappa shape index (κ2) is 11.9. The largest absolute Gasteiger partial charge is 0.342 e. The molecule has 0 saturated heterocycles. The minimum atomic E-state index is -0.365. The quantitative estimate of drug-likeness (QED) is 0.293. The highest BCUT2D eigenvalue weighted by Gasteiger charge is 2.26. The van der Waals surface area contributed by atoms with Gasteiger partial charge in [-0.05, 0) is 43.2 Å². The first kappa shape index (κ1) is 25.5. The lowest BCUT2D eigenvalue weighted by atomic mass is 10.0. The van der Waals surface area contributed by atoms with Crippen LogP contribution in [0.3, 0.4) is 0 Å². The van der Waals surface area contributed by atoms with E-state index in [2.05, 4.69) is 27.4 Å². The fourth-order valence-electron chi connectivity index (χ4n) is 3.29. The number of halogens is 1. The summed E-state index contributed by atoms with van der Waals surface area (Å²) in [6.07, 6.45) is 1.74. The van der Waals surface area contributed by atoms with Crippen LogP contribution in [-0.4, -0.2) is 32.3 Å². The summed E-state index contributed by atoms with van der Waals surface area (Å²) in [6.45, 7) is 10.3. The Morgan fingerprint density at radius 3 is 2.56 bits per heavy atom. The first-order chi connectivity index (χ1) is 16.3. The van der Waals surface area contributed by atoms with E-state index in [4.69, 9.17) is 11.6 Å². The van der Waals surface area contributed by atoms with Crippen LogP contribution >= 0.6 is 23.4 Å². The molecule has 0 aliphatic carbocycles. The molecular weight excluding hydrogens is 470 g/mol. The van der Waals surface area contributed by atoms with Crippen LogP contribution in [0.15, 0.2) is 66.3 Å². The number of hydrogen-bond donors (Lipinski definition) is 2. The Hall–Kier alpha value is -3.10. The van der Waals surface area contributed by atoms with Crippen molar-refractivity contribution >= 4 is 40.9 Å². The molecule has 3 aromatic rings. The first-order valence-corrected chi connectivity index (χ1v) is 12.2. The maximum Gasteiger partial charge on any atom is 0.251 e. The van der Waals surface area contributed by atoms with Gasteiger partial charge in [-0.3, -0.25) is 9.59 Å². The normalized spacial score (nSPS) is 11.8. The van der Waals surface area contributed by atoms with E-state index in [9.17, 15) is 9.59 Å². The molecule has 9 heteroatoms. The zero-order valence-electron chi connectivity index (χ0n) is 19.4. The molecule has 1 atom stereocenters. The standard InChI is InChI=1S/C25H28ClN5O2S/c1-5-13-31-23(22(16(2)3)28-24(33)18-11-9-17(4)10-12-18)29-30-25(31)34-15-21(32)27-20-8-6-7-19(26)14-20/h5-12,14,16,22H,1,13,15H2,2-4H3,(H,27,32)(H,28,33)/t22-/m1/s1. The molecule has 2 aromatic carbocycles. The Morgan fingerprint density at radius 2 is 1.91 bits per heavy atom. The van der Waals surface area contributed by atoms with Crippen LogP contribution in [0, 0.1) is 12.8 Å². The third-order valence-electron chi connectivity index (χ3n) is 5.04. The Kier molecular flexibility index (Phi) is 8.90. The van der Waals surface area contributed by atoms with Crippen molar-refractivity contribution in [2.24, 2.45) is 5.92 Å². The number of carbonyl (C=O) groups is 2. The van der Waals surface area contributed by atoms with Gasteiger partial charge in [-0.2, -0.15) is 0 Å². The average molecular weight is 498 g/mol. The number of nitrogens with zero attached hydrogens (tertiary/aromatic N) is 3. The molecule has 2 amide bonds. The summed E-state index contributed by atoms with van der Waals surface area (Å²) in [6, 6.07) is 14.0. The van der Waals surface area contributed by atoms with Crippen LogP contribution in [0.2, 0.25) is 5.02 Å². The highest BCUT2D eigenvalue weighted by Crippen LogP contribution is 2.26. The van der Waals surface area contributed by atoms with Crippen molar-refractivity contribution in [1.29, 1.82) is 0 Å². The predicted molar refractivity (Wildman–Crippen MR) is 137 cm³/mol. The van der Waals surface area contributed by atoms with Crippen LogP contribution in [0.5, 0.6) is 0 Å². The fraction of sp³-hybridized carbons (Fsp3) is 0.280. The molecule has 2 N–H and O–H groups in total. The zero-order chi connectivity index (χ0) is 24.7. The lowest BCUT2D eigenvalue weighted by molar-refractivity contribution is -0.113. The zero-order valence-corrected chi connectivity index (χ0v) is 21.0. The van der Waals surface area contributed by atoms with Gasteiger partial charge in [-0.25, -0.2) is 0 Å². The van der Waals surface area contributed by atoms with Gasteiger partial charge in [0.2, 0.25) is 5.91 Å². The number of thioether (sulfide) groups is 1. The Balaban J connectivity index is 1.74. The average Bonchev–Trinajstić information content (AvgIpc) is 3.18. The topological polar surface area (TPSA) is 88.9 Å². The van der Waals surface area contributed by atoms with Gasteiger partial charge in [0.15, 0.2) is 11.0 Å². The molecule has 34 heavy (non-hydrogen) atoms. The molecule has 7 nitrogen and oxygen atoms in total. The van der Waals surface area contributed by atoms with E-state index in [0.717, 1.165) is 5.56 Å². The Morgan fingerprint density at radius 1 is 1.18 bits per heavy atom. The number of rotatable bonds is 10. The van der Waals surface area contributed by atoms with Gasteiger partial charge in [-0.15, -0.1) is 16.8 Å². The maximum atomic E-state index is 12.9. The highest BCUT2D eigenvalue weighted by atomic mass is 35.5. The summed E-state index contributed by atoms with van der Waals surface area (Å²) in [7, 11) is 0. The number of anilines is 1. The predicted octanol–water partition coefficient (Wildman–Crippen LogP) is 5.28. The summed E-state index contributed by atoms with van der Waals surface area (Å²) in [4.78, 5) is 25.3. The number of benzene rings is 2. The molecule has 0 spiro atoms. The third-order valence-corrected chi connectivity index (χ3v) is 6.24. The van der Waals surface area contributed by atoms with Crippen LogP contribution in [0.25, 0.3) is 0 Å². The SMILES string of the molecule is C=CCn1c(SCC(=O)Nc2cccc(Cl)c2)nnc1[C@H](NC(=O)c1ccc(C)cc1)C(C)C. The molecule has 0 aliphatic rings. The van der Waals surface area contributed by atoms with Crippen molar-refractivity contribution < 1.29 is 9.59 Å².